The van der Waals surface area contributed by atoms with Crippen molar-refractivity contribution in [2.45, 2.75) is 6.92 Å². The number of urea groups is 1. The van der Waals surface area contributed by atoms with Gasteiger partial charge in [-0.15, -0.1) is 0 Å². The molecule has 0 bridgehead atoms. The lowest BCUT2D eigenvalue weighted by Gasteiger charge is -2.23. The van der Waals surface area contributed by atoms with Crippen LogP contribution in [0.25, 0.3) is 0 Å². The summed E-state index contributed by atoms with van der Waals surface area (Å²) in [6, 6.07) is 16.1. The lowest BCUT2D eigenvalue weighted by molar-refractivity contribution is -0.116. The summed E-state index contributed by atoms with van der Waals surface area (Å²) in [6.45, 7) is 2.14. The standard InChI is InChI=1S/C18H21N3O3/c1-14(22)21(16-10-6-7-11-17(16)24-2)13-12-19-18(23)20-15-8-4-3-5-9-15/h3-11H,12-13H2,1-2H3,(H2,19,20,23). The van der Waals surface area contributed by atoms with Gasteiger partial charge < -0.3 is 20.3 Å². The first-order chi connectivity index (χ1) is 11.6. The van der Waals surface area contributed by atoms with Gasteiger partial charge in [-0.25, -0.2) is 4.79 Å². The summed E-state index contributed by atoms with van der Waals surface area (Å²) in [5, 5.41) is 5.47. The second kappa shape index (κ2) is 8.57. The highest BCUT2D eigenvalue weighted by Crippen LogP contribution is 2.27. The topological polar surface area (TPSA) is 70.7 Å². The molecule has 2 rings (SSSR count). The van der Waals surface area contributed by atoms with Crippen LogP contribution in [0.5, 0.6) is 5.75 Å². The number of nitrogens with one attached hydrogen (secondary N) is 2. The Kier molecular flexibility index (Phi) is 6.19. The lowest BCUT2D eigenvalue weighted by atomic mass is 10.2. The minimum atomic E-state index is -0.315. The number of carbonyl (C=O) groups is 2. The number of ether oxygens (including phenoxy) is 1. The number of methoxy groups -OCH3 is 1. The molecule has 0 spiro atoms. The lowest BCUT2D eigenvalue weighted by Crippen LogP contribution is -2.39. The minimum absolute atomic E-state index is 0.121. The van der Waals surface area contributed by atoms with E-state index in [9.17, 15) is 9.59 Å². The number of nitrogens with zero attached hydrogens (tertiary/aromatic N) is 1. The average molecular weight is 327 g/mol. The van der Waals surface area contributed by atoms with Gasteiger partial charge in [-0.1, -0.05) is 30.3 Å². The molecular formula is C18H21N3O3. The molecule has 2 aromatic rings. The van der Waals surface area contributed by atoms with Crippen molar-refractivity contribution >= 4 is 23.3 Å². The maximum absolute atomic E-state index is 11.9. The van der Waals surface area contributed by atoms with Crippen LogP contribution in [-0.4, -0.2) is 32.1 Å². The van der Waals surface area contributed by atoms with Gasteiger partial charge >= 0.3 is 6.03 Å². The first-order valence-corrected chi connectivity index (χ1v) is 7.63. The van der Waals surface area contributed by atoms with Crippen LogP contribution in [0, 0.1) is 0 Å². The number of rotatable bonds is 6. The highest BCUT2D eigenvalue weighted by Gasteiger charge is 2.15. The molecule has 0 heterocycles. The number of hydrogen-bond acceptors (Lipinski definition) is 3. The van der Waals surface area contributed by atoms with Gasteiger partial charge in [0.05, 0.1) is 12.8 Å². The number of amides is 3. The molecule has 2 aromatic carbocycles. The van der Waals surface area contributed by atoms with Crippen molar-refractivity contribution in [2.24, 2.45) is 0 Å². The van der Waals surface area contributed by atoms with Crippen LogP contribution in [-0.2, 0) is 4.79 Å². The van der Waals surface area contributed by atoms with E-state index in [1.54, 1.807) is 30.2 Å². The monoisotopic (exact) mass is 327 g/mol. The van der Waals surface area contributed by atoms with Crippen LogP contribution in [0.3, 0.4) is 0 Å². The predicted molar refractivity (Wildman–Crippen MR) is 94.5 cm³/mol. The Balaban J connectivity index is 1.92. The molecule has 2 N–H and O–H groups in total. The zero-order valence-electron chi connectivity index (χ0n) is 13.8. The second-order valence-corrected chi connectivity index (χ2v) is 5.09. The predicted octanol–water partition coefficient (Wildman–Crippen LogP) is 2.87. The Hall–Kier alpha value is -3.02. The smallest absolute Gasteiger partial charge is 0.319 e. The van der Waals surface area contributed by atoms with Crippen LogP contribution in [0.15, 0.2) is 54.6 Å². The molecule has 0 saturated heterocycles. The Bertz CT molecular complexity index is 689. The largest absolute Gasteiger partial charge is 0.495 e. The molecule has 0 radical (unpaired) electrons. The molecule has 24 heavy (non-hydrogen) atoms. The summed E-state index contributed by atoms with van der Waals surface area (Å²) in [6.07, 6.45) is 0. The highest BCUT2D eigenvalue weighted by atomic mass is 16.5. The van der Waals surface area contributed by atoms with Crippen molar-refractivity contribution in [2.75, 3.05) is 30.4 Å². The van der Waals surface area contributed by atoms with Gasteiger partial charge in [0, 0.05) is 25.7 Å². The molecule has 0 aliphatic rings. The van der Waals surface area contributed by atoms with Gasteiger partial charge in [0.25, 0.3) is 0 Å². The van der Waals surface area contributed by atoms with Crippen molar-refractivity contribution < 1.29 is 14.3 Å². The molecule has 0 unspecified atom stereocenters. The van der Waals surface area contributed by atoms with Crippen LogP contribution >= 0.6 is 0 Å². The molecule has 0 fully saturated rings. The van der Waals surface area contributed by atoms with E-state index < -0.39 is 0 Å². The van der Waals surface area contributed by atoms with E-state index in [4.69, 9.17) is 4.74 Å². The molecule has 126 valence electrons. The number of carbonyl (C=O) groups excluding carboxylic acids is 2. The average Bonchev–Trinajstić information content (AvgIpc) is 2.59. The Labute approximate surface area is 141 Å². The summed E-state index contributed by atoms with van der Waals surface area (Å²) in [4.78, 5) is 25.4. The summed E-state index contributed by atoms with van der Waals surface area (Å²) >= 11 is 0. The van der Waals surface area contributed by atoms with Crippen molar-refractivity contribution in [3.05, 3.63) is 54.6 Å². The van der Waals surface area contributed by atoms with Crippen LogP contribution < -0.4 is 20.3 Å². The fourth-order valence-electron chi connectivity index (χ4n) is 2.28. The van der Waals surface area contributed by atoms with Crippen LogP contribution in [0.2, 0.25) is 0 Å². The molecule has 0 aromatic heterocycles. The maximum Gasteiger partial charge on any atom is 0.319 e. The molecule has 0 aliphatic heterocycles. The molecule has 0 aliphatic carbocycles. The summed E-state index contributed by atoms with van der Waals surface area (Å²) in [5.74, 6) is 0.492. The van der Waals surface area contributed by atoms with Crippen LogP contribution in [0.1, 0.15) is 6.92 Å². The molecule has 0 saturated carbocycles. The van der Waals surface area contributed by atoms with E-state index in [0.29, 0.717) is 30.2 Å². The van der Waals surface area contributed by atoms with Crippen LogP contribution in [0.4, 0.5) is 16.2 Å². The summed E-state index contributed by atoms with van der Waals surface area (Å²) in [7, 11) is 1.56. The molecule has 3 amide bonds. The maximum atomic E-state index is 11.9. The number of benzene rings is 2. The Morgan fingerprint density at radius 2 is 1.71 bits per heavy atom. The fourth-order valence-corrected chi connectivity index (χ4v) is 2.28. The third-order valence-corrected chi connectivity index (χ3v) is 3.41. The highest BCUT2D eigenvalue weighted by molar-refractivity contribution is 5.93. The number of para-hydroxylation sites is 3. The summed E-state index contributed by atoms with van der Waals surface area (Å²) in [5.41, 5.74) is 1.39. The number of hydrogen-bond donors (Lipinski definition) is 2. The SMILES string of the molecule is COc1ccccc1N(CCNC(=O)Nc1ccccc1)C(C)=O. The van der Waals surface area contributed by atoms with Gasteiger partial charge in [-0.05, 0) is 24.3 Å². The van der Waals surface area contributed by atoms with Crippen molar-refractivity contribution in [1.29, 1.82) is 0 Å². The summed E-state index contributed by atoms with van der Waals surface area (Å²) < 4.78 is 5.29. The van der Waals surface area contributed by atoms with E-state index in [-0.39, 0.29) is 11.9 Å². The molecule has 6 heteroatoms. The van der Waals surface area contributed by atoms with Gasteiger partial charge in [0.2, 0.25) is 5.91 Å². The van der Waals surface area contributed by atoms with E-state index in [2.05, 4.69) is 10.6 Å². The molecule has 0 atom stereocenters. The van der Waals surface area contributed by atoms with Gasteiger partial charge in [0.15, 0.2) is 0 Å². The van der Waals surface area contributed by atoms with Gasteiger partial charge in [0.1, 0.15) is 5.75 Å². The third-order valence-electron chi connectivity index (χ3n) is 3.41. The zero-order valence-corrected chi connectivity index (χ0v) is 13.8. The molecule has 6 nitrogen and oxygen atoms in total. The first kappa shape index (κ1) is 17.3. The van der Waals surface area contributed by atoms with E-state index in [1.165, 1.54) is 6.92 Å². The first-order valence-electron chi connectivity index (χ1n) is 7.63. The third kappa shape index (κ3) is 4.74. The normalized spacial score (nSPS) is 9.92. The number of anilines is 2. The fraction of sp³-hybridized carbons (Fsp3) is 0.222. The van der Waals surface area contributed by atoms with Gasteiger partial charge in [-0.2, -0.15) is 0 Å². The van der Waals surface area contributed by atoms with E-state index in [1.807, 2.05) is 36.4 Å². The van der Waals surface area contributed by atoms with Gasteiger partial charge in [-0.3, -0.25) is 4.79 Å². The van der Waals surface area contributed by atoms with Crippen molar-refractivity contribution in [3.8, 4) is 5.75 Å². The van der Waals surface area contributed by atoms with E-state index >= 15 is 0 Å². The quantitative estimate of drug-likeness (QED) is 0.857. The Morgan fingerprint density at radius 3 is 2.38 bits per heavy atom. The van der Waals surface area contributed by atoms with Crippen molar-refractivity contribution in [1.82, 2.24) is 5.32 Å². The van der Waals surface area contributed by atoms with E-state index in [0.717, 1.165) is 0 Å². The minimum Gasteiger partial charge on any atom is -0.495 e. The molecular weight excluding hydrogens is 306 g/mol. The Morgan fingerprint density at radius 1 is 1.04 bits per heavy atom. The zero-order chi connectivity index (χ0) is 17.4. The van der Waals surface area contributed by atoms with Crippen molar-refractivity contribution in [3.63, 3.8) is 0 Å². The second-order valence-electron chi connectivity index (χ2n) is 5.09.